The van der Waals surface area contributed by atoms with Crippen LogP contribution in [0.25, 0.3) is 109 Å². The molecule has 0 aliphatic heterocycles. The normalized spacial score (nSPS) is 14.6. The average molecular weight is 765 g/mol. The molecule has 2 heteroatoms. The molecule has 0 fully saturated rings. The van der Waals surface area contributed by atoms with Gasteiger partial charge in [0.25, 0.3) is 0 Å². The van der Waals surface area contributed by atoms with Crippen molar-refractivity contribution in [2.45, 2.75) is 38.5 Å². The second kappa shape index (κ2) is 11.7. The molecule has 13 rings (SSSR count). The van der Waals surface area contributed by atoms with E-state index in [9.17, 15) is 0 Å². The Hall–Kier alpha value is -7.16. The van der Waals surface area contributed by atoms with Gasteiger partial charge in [0.05, 0.1) is 11.4 Å². The zero-order valence-electron chi connectivity index (χ0n) is 34.1. The molecule has 282 valence electrons. The van der Waals surface area contributed by atoms with Crippen LogP contribution in [0.2, 0.25) is 0 Å². The smallest absolute Gasteiger partial charge is 0.0746 e. The minimum atomic E-state index is -0.208. The third kappa shape index (κ3) is 4.43. The Kier molecular flexibility index (Phi) is 6.61. The van der Waals surface area contributed by atoms with Gasteiger partial charge in [-0.15, -0.1) is 0 Å². The molecular weight excluding hydrogens is 725 g/mol. The molecule has 2 aliphatic carbocycles. The summed E-state index contributed by atoms with van der Waals surface area (Å²) in [6, 6.07) is 58.8. The van der Waals surface area contributed by atoms with E-state index in [0.717, 1.165) is 33.6 Å². The van der Waals surface area contributed by atoms with Crippen molar-refractivity contribution in [2.75, 3.05) is 0 Å². The molecule has 0 bridgehead atoms. The maximum absolute atomic E-state index is 5.26. The molecular formula is C58H40N2. The summed E-state index contributed by atoms with van der Waals surface area (Å²) >= 11 is 0. The van der Waals surface area contributed by atoms with Crippen molar-refractivity contribution in [3.63, 3.8) is 0 Å². The van der Waals surface area contributed by atoms with Crippen LogP contribution >= 0.6 is 0 Å². The second-order valence-corrected chi connectivity index (χ2v) is 18.1. The number of fused-ring (bicyclic) bond motifs is 18. The van der Waals surface area contributed by atoms with Gasteiger partial charge in [0.2, 0.25) is 0 Å². The van der Waals surface area contributed by atoms with Crippen LogP contribution in [0.3, 0.4) is 0 Å². The molecule has 0 saturated carbocycles. The number of benzene rings is 9. The minimum absolute atomic E-state index is 0.208. The van der Waals surface area contributed by atoms with Crippen molar-refractivity contribution < 1.29 is 0 Å². The molecule has 60 heavy (non-hydrogen) atoms. The highest BCUT2D eigenvalue weighted by atomic mass is 14.7. The first kappa shape index (κ1) is 33.8. The molecule has 9 aromatic carbocycles. The lowest BCUT2D eigenvalue weighted by Crippen LogP contribution is -2.15. The van der Waals surface area contributed by atoms with E-state index in [-0.39, 0.29) is 10.8 Å². The number of aromatic nitrogens is 2. The highest BCUT2D eigenvalue weighted by Crippen LogP contribution is 2.53. The van der Waals surface area contributed by atoms with E-state index in [0.29, 0.717) is 0 Å². The molecule has 11 aromatic rings. The Morgan fingerprint density at radius 2 is 0.600 bits per heavy atom. The average Bonchev–Trinajstić information content (AvgIpc) is 3.65. The van der Waals surface area contributed by atoms with Gasteiger partial charge < -0.3 is 0 Å². The van der Waals surface area contributed by atoms with Gasteiger partial charge in [-0.3, -0.25) is 9.97 Å². The summed E-state index contributed by atoms with van der Waals surface area (Å²) in [6.07, 6.45) is 4.15. The first-order chi connectivity index (χ1) is 29.3. The molecule has 2 heterocycles. The van der Waals surface area contributed by atoms with Crippen molar-refractivity contribution in [2.24, 2.45) is 0 Å². The Labute approximate surface area is 348 Å². The second-order valence-electron chi connectivity index (χ2n) is 18.1. The lowest BCUT2D eigenvalue weighted by molar-refractivity contribution is 0.660. The first-order valence-corrected chi connectivity index (χ1v) is 21.1. The maximum Gasteiger partial charge on any atom is 0.0746 e. The quantitative estimate of drug-likeness (QED) is 0.164. The first-order valence-electron chi connectivity index (χ1n) is 21.1. The molecule has 0 spiro atoms. The minimum Gasteiger partial charge on any atom is -0.255 e. The maximum atomic E-state index is 5.26. The van der Waals surface area contributed by atoms with E-state index in [1.165, 1.54) is 98.0 Å². The van der Waals surface area contributed by atoms with Crippen LogP contribution in [0.1, 0.15) is 49.9 Å². The van der Waals surface area contributed by atoms with Crippen molar-refractivity contribution in [1.82, 2.24) is 9.97 Å². The highest BCUT2D eigenvalue weighted by molar-refractivity contribution is 6.27. The SMILES string of the molecule is CC1(C)c2cc3c4ccccc4c4ccccc4c3cc2-c2ncc(-c3cccc(-c4cnc5c(c4)C(C)(C)c4cc6c7ccccc7c7ccccc7c6cc4-5)c3)cc21. The van der Waals surface area contributed by atoms with Crippen LogP contribution in [-0.2, 0) is 10.8 Å². The van der Waals surface area contributed by atoms with Crippen LogP contribution in [-0.4, -0.2) is 9.97 Å². The van der Waals surface area contributed by atoms with Crippen molar-refractivity contribution in [1.29, 1.82) is 0 Å². The highest BCUT2D eigenvalue weighted by Gasteiger charge is 2.39. The van der Waals surface area contributed by atoms with E-state index < -0.39 is 0 Å². The largest absolute Gasteiger partial charge is 0.255 e. The molecule has 0 radical (unpaired) electrons. The van der Waals surface area contributed by atoms with Gasteiger partial charge >= 0.3 is 0 Å². The van der Waals surface area contributed by atoms with Crippen LogP contribution in [0.15, 0.2) is 170 Å². The van der Waals surface area contributed by atoms with Crippen LogP contribution < -0.4 is 0 Å². The zero-order chi connectivity index (χ0) is 40.1. The van der Waals surface area contributed by atoms with Crippen LogP contribution in [0.4, 0.5) is 0 Å². The summed E-state index contributed by atoms with van der Waals surface area (Å²) in [5.74, 6) is 0. The molecule has 0 saturated heterocycles. The third-order valence-electron chi connectivity index (χ3n) is 14.3. The Balaban J connectivity index is 0.908. The van der Waals surface area contributed by atoms with Gasteiger partial charge in [-0.2, -0.15) is 0 Å². The third-order valence-corrected chi connectivity index (χ3v) is 14.3. The topological polar surface area (TPSA) is 25.8 Å². The van der Waals surface area contributed by atoms with Crippen LogP contribution in [0, 0.1) is 0 Å². The summed E-state index contributed by atoms with van der Waals surface area (Å²) in [5, 5.41) is 15.6. The number of hydrogen-bond donors (Lipinski definition) is 0. The van der Waals surface area contributed by atoms with Crippen molar-refractivity contribution >= 4 is 64.6 Å². The van der Waals surface area contributed by atoms with Crippen molar-refractivity contribution in [3.05, 3.63) is 192 Å². The summed E-state index contributed by atoms with van der Waals surface area (Å²) < 4.78 is 0. The van der Waals surface area contributed by atoms with Crippen LogP contribution in [0.5, 0.6) is 0 Å². The molecule has 0 unspecified atom stereocenters. The van der Waals surface area contributed by atoms with Gasteiger partial charge in [-0.25, -0.2) is 0 Å². The number of hydrogen-bond acceptors (Lipinski definition) is 2. The summed E-state index contributed by atoms with van der Waals surface area (Å²) in [7, 11) is 0. The molecule has 0 amide bonds. The summed E-state index contributed by atoms with van der Waals surface area (Å²) in [5.41, 5.74) is 14.0. The lowest BCUT2D eigenvalue weighted by Gasteiger charge is -2.23. The van der Waals surface area contributed by atoms with Gasteiger partial charge in [0.1, 0.15) is 0 Å². The van der Waals surface area contributed by atoms with E-state index >= 15 is 0 Å². The number of pyridine rings is 2. The molecule has 0 N–H and O–H groups in total. The van der Waals surface area contributed by atoms with E-state index in [2.05, 4.69) is 198 Å². The zero-order valence-corrected chi connectivity index (χ0v) is 34.1. The number of rotatable bonds is 2. The predicted molar refractivity (Wildman–Crippen MR) is 253 cm³/mol. The lowest BCUT2D eigenvalue weighted by atomic mass is 9.80. The van der Waals surface area contributed by atoms with Gasteiger partial charge in [0, 0.05) is 45.5 Å². The van der Waals surface area contributed by atoms with Gasteiger partial charge in [-0.1, -0.05) is 143 Å². The fourth-order valence-corrected chi connectivity index (χ4v) is 11.1. The fourth-order valence-electron chi connectivity index (χ4n) is 11.1. The molecule has 2 aromatic heterocycles. The Morgan fingerprint density at radius 1 is 0.283 bits per heavy atom. The van der Waals surface area contributed by atoms with E-state index in [1.807, 2.05) is 0 Å². The van der Waals surface area contributed by atoms with E-state index in [1.54, 1.807) is 0 Å². The molecule has 0 atom stereocenters. The van der Waals surface area contributed by atoms with Crippen molar-refractivity contribution in [3.8, 4) is 44.8 Å². The fraction of sp³-hybridized carbons (Fsp3) is 0.103. The Morgan fingerprint density at radius 3 is 0.950 bits per heavy atom. The Bertz CT molecular complexity index is 3480. The molecule has 2 nitrogen and oxygen atoms in total. The molecule has 2 aliphatic rings. The monoisotopic (exact) mass is 764 g/mol. The van der Waals surface area contributed by atoms with E-state index in [4.69, 9.17) is 9.97 Å². The van der Waals surface area contributed by atoms with Gasteiger partial charge in [0.15, 0.2) is 0 Å². The predicted octanol–water partition coefficient (Wildman–Crippen LogP) is 15.3. The summed E-state index contributed by atoms with van der Waals surface area (Å²) in [4.78, 5) is 10.5. The van der Waals surface area contributed by atoms with Gasteiger partial charge in [-0.05, 0) is 140 Å². The number of nitrogens with zero attached hydrogens (tertiary/aromatic N) is 2. The standard InChI is InChI=1S/C58H40N2/c1-57(2)51-29-47-43-22-11-7-18-39(43)37-16-5-9-20-41(37)45(47)27-49(51)55-53(57)25-35(31-59-55)33-14-13-15-34(24-33)36-26-54-56(60-32-36)50-28-46-42-21-10-6-17-38(42)40-19-8-12-23-44(40)48(46)30-52(50)58(54,3)4/h5-32H,1-4H3. The summed E-state index contributed by atoms with van der Waals surface area (Å²) in [6.45, 7) is 9.44.